The van der Waals surface area contributed by atoms with Gasteiger partial charge in [0.15, 0.2) is 0 Å². The van der Waals surface area contributed by atoms with Crippen molar-refractivity contribution in [3.63, 3.8) is 0 Å². The second-order valence-corrected chi connectivity index (χ2v) is 6.49. The highest BCUT2D eigenvalue weighted by molar-refractivity contribution is 6.00. The van der Waals surface area contributed by atoms with Gasteiger partial charge in [-0.1, -0.05) is 12.1 Å². The molecule has 0 saturated carbocycles. The van der Waals surface area contributed by atoms with Crippen molar-refractivity contribution in [2.45, 2.75) is 18.9 Å². The Balaban J connectivity index is 1.60. The molecule has 1 fully saturated rings. The van der Waals surface area contributed by atoms with Gasteiger partial charge in [0.1, 0.15) is 18.2 Å². The maximum atomic E-state index is 12.4. The summed E-state index contributed by atoms with van der Waals surface area (Å²) < 4.78 is 12.0. The van der Waals surface area contributed by atoms with E-state index in [1.165, 1.54) is 7.11 Å². The lowest BCUT2D eigenvalue weighted by Gasteiger charge is -2.32. The molecule has 0 bridgehead atoms. The summed E-state index contributed by atoms with van der Waals surface area (Å²) in [6, 6.07) is 8.69. The Bertz CT molecular complexity index is 814. The third-order valence-electron chi connectivity index (χ3n) is 4.70. The number of ether oxygens (including phenoxy) is 2. The van der Waals surface area contributed by atoms with Gasteiger partial charge >= 0.3 is 6.03 Å². The molecule has 3 rings (SSSR count). The fraction of sp³-hybridized carbons (Fsp3) is 0.421. The molecule has 1 aromatic carbocycles. The lowest BCUT2D eigenvalue weighted by Crippen LogP contribution is -2.41. The van der Waals surface area contributed by atoms with Crippen LogP contribution in [-0.2, 0) is 9.53 Å². The average molecular weight is 387 g/mol. The number of piperidine rings is 1. The molecular formula is C19H25N5O4. The third kappa shape index (κ3) is 4.61. The van der Waals surface area contributed by atoms with E-state index in [4.69, 9.17) is 9.47 Å². The van der Waals surface area contributed by atoms with E-state index in [9.17, 15) is 9.59 Å². The Hall–Kier alpha value is -3.07. The number of likely N-dealkylation sites (tertiary alicyclic amines) is 1. The molecule has 0 unspecified atom stereocenters. The van der Waals surface area contributed by atoms with Crippen molar-refractivity contribution in [2.75, 3.05) is 44.5 Å². The van der Waals surface area contributed by atoms with Crippen LogP contribution in [0.2, 0.25) is 0 Å². The Morgan fingerprint density at radius 3 is 2.61 bits per heavy atom. The van der Waals surface area contributed by atoms with Gasteiger partial charge in [-0.3, -0.25) is 10.1 Å². The molecule has 28 heavy (non-hydrogen) atoms. The molecule has 1 saturated heterocycles. The van der Waals surface area contributed by atoms with Crippen LogP contribution >= 0.6 is 0 Å². The summed E-state index contributed by atoms with van der Waals surface area (Å²) in [7, 11) is 3.07. The summed E-state index contributed by atoms with van der Waals surface area (Å²) in [5.41, 5.74) is 0.582. The molecule has 3 amide bonds. The minimum Gasteiger partial charge on any atom is -0.495 e. The number of benzene rings is 1. The zero-order valence-electron chi connectivity index (χ0n) is 16.1. The van der Waals surface area contributed by atoms with Crippen LogP contribution in [0.15, 0.2) is 36.5 Å². The zero-order chi connectivity index (χ0) is 19.9. The molecule has 0 aliphatic carbocycles. The van der Waals surface area contributed by atoms with E-state index < -0.39 is 0 Å². The Morgan fingerprint density at radius 2 is 1.89 bits per heavy atom. The molecule has 0 spiro atoms. The van der Waals surface area contributed by atoms with E-state index in [1.54, 1.807) is 41.1 Å². The van der Waals surface area contributed by atoms with Crippen LogP contribution in [0.4, 0.5) is 16.3 Å². The first-order valence-corrected chi connectivity index (χ1v) is 9.13. The van der Waals surface area contributed by atoms with Gasteiger partial charge in [-0.2, -0.15) is 5.10 Å². The highest BCUT2D eigenvalue weighted by atomic mass is 16.5. The van der Waals surface area contributed by atoms with Gasteiger partial charge in [-0.25, -0.2) is 9.48 Å². The van der Waals surface area contributed by atoms with E-state index in [0.29, 0.717) is 30.3 Å². The van der Waals surface area contributed by atoms with Gasteiger partial charge in [0, 0.05) is 26.3 Å². The van der Waals surface area contributed by atoms with Crippen molar-refractivity contribution in [3.8, 4) is 5.75 Å². The molecule has 2 aromatic rings. The summed E-state index contributed by atoms with van der Waals surface area (Å²) in [4.78, 5) is 26.1. The first-order chi connectivity index (χ1) is 13.6. The highest BCUT2D eigenvalue weighted by Gasteiger charge is 2.25. The average Bonchev–Trinajstić information content (AvgIpc) is 3.16. The standard InChI is InChI=1S/C19H25N5O4/c1-27-13-18(25)23-11-8-14(9-12-23)24-17(7-10-20-24)22-19(26)21-15-5-3-4-6-16(15)28-2/h3-7,10,14H,8-9,11-13H2,1-2H3,(H2,21,22,26). The number of hydrogen-bond donors (Lipinski definition) is 2. The number of aromatic nitrogens is 2. The van der Waals surface area contributed by atoms with Gasteiger partial charge in [0.2, 0.25) is 5.91 Å². The fourth-order valence-electron chi connectivity index (χ4n) is 3.30. The molecule has 9 heteroatoms. The Labute approximate surface area is 163 Å². The summed E-state index contributed by atoms with van der Waals surface area (Å²) in [6.07, 6.45) is 3.18. The molecule has 1 aliphatic heterocycles. The second kappa shape index (κ2) is 9.23. The van der Waals surface area contributed by atoms with Crippen LogP contribution in [0.25, 0.3) is 0 Å². The van der Waals surface area contributed by atoms with Crippen LogP contribution in [0.3, 0.4) is 0 Å². The predicted molar refractivity (Wildman–Crippen MR) is 105 cm³/mol. The molecule has 2 heterocycles. The number of anilines is 2. The smallest absolute Gasteiger partial charge is 0.324 e. The number of amides is 3. The number of para-hydroxylation sites is 2. The third-order valence-corrected chi connectivity index (χ3v) is 4.70. The molecule has 0 radical (unpaired) electrons. The maximum Gasteiger partial charge on any atom is 0.324 e. The number of hydrogen-bond acceptors (Lipinski definition) is 5. The van der Waals surface area contributed by atoms with Crippen LogP contribution in [-0.4, -0.2) is 60.5 Å². The summed E-state index contributed by atoms with van der Waals surface area (Å²) in [5, 5.41) is 9.98. The van der Waals surface area contributed by atoms with Gasteiger partial charge < -0.3 is 19.7 Å². The zero-order valence-corrected chi connectivity index (χ0v) is 16.1. The van der Waals surface area contributed by atoms with E-state index in [-0.39, 0.29) is 24.6 Å². The molecule has 9 nitrogen and oxygen atoms in total. The number of carbonyl (C=O) groups is 2. The van der Waals surface area contributed by atoms with Crippen molar-refractivity contribution >= 4 is 23.4 Å². The van der Waals surface area contributed by atoms with Crippen molar-refractivity contribution in [3.05, 3.63) is 36.5 Å². The van der Waals surface area contributed by atoms with Gasteiger partial charge in [0.25, 0.3) is 0 Å². The van der Waals surface area contributed by atoms with E-state index in [1.807, 2.05) is 12.1 Å². The second-order valence-electron chi connectivity index (χ2n) is 6.49. The minimum absolute atomic E-state index is 0.00375. The quantitative estimate of drug-likeness (QED) is 0.793. The monoisotopic (exact) mass is 387 g/mol. The van der Waals surface area contributed by atoms with E-state index in [2.05, 4.69) is 15.7 Å². The number of methoxy groups -OCH3 is 2. The predicted octanol–water partition coefficient (Wildman–Crippen LogP) is 2.35. The van der Waals surface area contributed by atoms with E-state index >= 15 is 0 Å². The topological polar surface area (TPSA) is 97.7 Å². The summed E-state index contributed by atoms with van der Waals surface area (Å²) in [5.74, 6) is 1.18. The highest BCUT2D eigenvalue weighted by Crippen LogP contribution is 2.26. The van der Waals surface area contributed by atoms with Crippen molar-refractivity contribution < 1.29 is 19.1 Å². The molecule has 1 aromatic heterocycles. The van der Waals surface area contributed by atoms with Crippen LogP contribution in [0, 0.1) is 0 Å². The molecule has 150 valence electrons. The first-order valence-electron chi connectivity index (χ1n) is 9.13. The van der Waals surface area contributed by atoms with Crippen molar-refractivity contribution in [1.82, 2.24) is 14.7 Å². The van der Waals surface area contributed by atoms with Crippen molar-refractivity contribution in [1.29, 1.82) is 0 Å². The first kappa shape index (κ1) is 19.7. The number of rotatable bonds is 6. The van der Waals surface area contributed by atoms with E-state index in [0.717, 1.165) is 12.8 Å². The van der Waals surface area contributed by atoms with Crippen LogP contribution < -0.4 is 15.4 Å². The number of urea groups is 1. The summed E-state index contributed by atoms with van der Waals surface area (Å²) in [6.45, 7) is 1.38. The number of carbonyl (C=O) groups excluding carboxylic acids is 2. The number of nitrogens with one attached hydrogen (secondary N) is 2. The van der Waals surface area contributed by atoms with Gasteiger partial charge in [-0.15, -0.1) is 0 Å². The summed E-state index contributed by atoms with van der Waals surface area (Å²) >= 11 is 0. The maximum absolute atomic E-state index is 12.4. The SMILES string of the molecule is COCC(=O)N1CCC(n2nccc2NC(=O)Nc2ccccc2OC)CC1. The largest absolute Gasteiger partial charge is 0.495 e. The normalized spacial score (nSPS) is 14.6. The van der Waals surface area contributed by atoms with Crippen LogP contribution in [0.5, 0.6) is 5.75 Å². The van der Waals surface area contributed by atoms with Gasteiger partial charge in [0.05, 0.1) is 25.0 Å². The lowest BCUT2D eigenvalue weighted by atomic mass is 10.1. The van der Waals surface area contributed by atoms with Crippen molar-refractivity contribution in [2.24, 2.45) is 0 Å². The Kier molecular flexibility index (Phi) is 6.49. The fourth-order valence-corrected chi connectivity index (χ4v) is 3.30. The van der Waals surface area contributed by atoms with Gasteiger partial charge in [-0.05, 0) is 25.0 Å². The molecular weight excluding hydrogens is 362 g/mol. The lowest BCUT2D eigenvalue weighted by molar-refractivity contribution is -0.136. The van der Waals surface area contributed by atoms with Crippen LogP contribution in [0.1, 0.15) is 18.9 Å². The Morgan fingerprint density at radius 1 is 1.14 bits per heavy atom. The minimum atomic E-state index is -0.376. The number of nitrogens with zero attached hydrogens (tertiary/aromatic N) is 3. The molecule has 0 atom stereocenters. The molecule has 2 N–H and O–H groups in total. The molecule has 1 aliphatic rings.